The van der Waals surface area contributed by atoms with Gasteiger partial charge in [-0.1, -0.05) is 0 Å². The number of carbonyl (C=O) groups excluding carboxylic acids is 1. The summed E-state index contributed by atoms with van der Waals surface area (Å²) in [7, 11) is -3.39. The van der Waals surface area contributed by atoms with Crippen LogP contribution in [-0.4, -0.2) is 35.8 Å². The second-order valence-corrected chi connectivity index (χ2v) is 6.58. The summed E-state index contributed by atoms with van der Waals surface area (Å²) >= 11 is 5.46. The van der Waals surface area contributed by atoms with Crippen LogP contribution in [0.15, 0.2) is 0 Å². The van der Waals surface area contributed by atoms with Crippen LogP contribution in [0, 0.1) is 0 Å². The van der Waals surface area contributed by atoms with Gasteiger partial charge in [0.25, 0.3) is 15.9 Å². The van der Waals surface area contributed by atoms with Crippen molar-refractivity contribution in [2.24, 2.45) is 0 Å². The Bertz CT molecular complexity index is 336. The molecular weight excluding hydrogens is 226 g/mol. The first-order valence-electron chi connectivity index (χ1n) is 4.48. The molecule has 1 heterocycles. The maximum Gasteiger partial charge on any atom is 0.258 e. The lowest BCUT2D eigenvalue weighted by Gasteiger charge is -2.43. The number of carbonyl (C=O) groups is 1. The Morgan fingerprint density at radius 3 is 2.36 bits per heavy atom. The average Bonchev–Trinajstić information content (AvgIpc) is 2.11. The topological polar surface area (TPSA) is 54.5 Å². The minimum atomic E-state index is -3.39. The molecule has 6 heteroatoms. The van der Waals surface area contributed by atoms with Crippen LogP contribution in [-0.2, 0) is 14.8 Å². The van der Waals surface area contributed by atoms with E-state index < -0.39 is 14.8 Å². The summed E-state index contributed by atoms with van der Waals surface area (Å²) in [5, 5.41) is 0. The van der Waals surface area contributed by atoms with Crippen molar-refractivity contribution in [2.75, 3.05) is 12.4 Å². The molecule has 0 saturated carbocycles. The number of unbranched alkanes of at least 4 members (excludes halogenated alkanes) is 1. The highest BCUT2D eigenvalue weighted by Crippen LogP contribution is 2.34. The van der Waals surface area contributed by atoms with Crippen molar-refractivity contribution in [3.05, 3.63) is 0 Å². The van der Waals surface area contributed by atoms with Crippen LogP contribution in [0.4, 0.5) is 0 Å². The fraction of sp³-hybridized carbons (Fsp3) is 0.875. The minimum absolute atomic E-state index is 0.261. The Balaban J connectivity index is 2.63. The van der Waals surface area contributed by atoms with Crippen LogP contribution < -0.4 is 0 Å². The van der Waals surface area contributed by atoms with Gasteiger partial charge in [-0.3, -0.25) is 4.79 Å². The summed E-state index contributed by atoms with van der Waals surface area (Å²) < 4.78 is 22.8. The van der Waals surface area contributed by atoms with Gasteiger partial charge < -0.3 is 0 Å². The van der Waals surface area contributed by atoms with E-state index in [1.807, 2.05) is 0 Å². The first kappa shape index (κ1) is 11.8. The van der Waals surface area contributed by atoms with E-state index in [4.69, 9.17) is 11.6 Å². The number of sulfonamides is 1. The number of amides is 1. The van der Waals surface area contributed by atoms with E-state index in [9.17, 15) is 13.2 Å². The molecule has 1 aliphatic heterocycles. The summed E-state index contributed by atoms with van der Waals surface area (Å²) in [6.45, 7) is 3.13. The maximum absolute atomic E-state index is 11.5. The van der Waals surface area contributed by atoms with Crippen LogP contribution in [0.3, 0.4) is 0 Å². The second-order valence-electron chi connectivity index (χ2n) is 3.79. The van der Waals surface area contributed by atoms with E-state index in [0.717, 1.165) is 10.7 Å². The quantitative estimate of drug-likeness (QED) is 0.542. The molecule has 0 aromatic heterocycles. The van der Waals surface area contributed by atoms with Crippen molar-refractivity contribution in [3.8, 4) is 0 Å². The summed E-state index contributed by atoms with van der Waals surface area (Å²) in [4.78, 5) is 11.4. The molecule has 0 unspecified atom stereocenters. The Morgan fingerprint density at radius 2 is 1.93 bits per heavy atom. The van der Waals surface area contributed by atoms with Crippen LogP contribution in [0.5, 0.6) is 0 Å². The first-order chi connectivity index (χ1) is 6.35. The Hall–Kier alpha value is -0.290. The molecule has 1 saturated heterocycles. The molecular formula is C8H14ClNO3S. The Labute approximate surface area is 89.3 Å². The lowest BCUT2D eigenvalue weighted by molar-refractivity contribution is -0.132. The third-order valence-corrected chi connectivity index (χ3v) is 5.08. The molecule has 1 fully saturated rings. The second kappa shape index (κ2) is 3.70. The largest absolute Gasteiger partial charge is 0.272 e. The van der Waals surface area contributed by atoms with Crippen molar-refractivity contribution < 1.29 is 13.2 Å². The molecule has 0 atom stereocenters. The number of rotatable bonds is 4. The first-order valence-corrected chi connectivity index (χ1v) is 6.46. The van der Waals surface area contributed by atoms with Gasteiger partial charge in [-0.15, -0.1) is 11.6 Å². The summed E-state index contributed by atoms with van der Waals surface area (Å²) in [5.74, 6) is 0.179. The molecule has 1 amide bonds. The average molecular weight is 240 g/mol. The lowest BCUT2D eigenvalue weighted by atomic mass is 10.2. The van der Waals surface area contributed by atoms with E-state index >= 15 is 0 Å². The molecule has 0 aromatic rings. The molecule has 0 N–H and O–H groups in total. The smallest absolute Gasteiger partial charge is 0.258 e. The predicted octanol–water partition coefficient (Wildman–Crippen LogP) is 0.956. The third-order valence-electron chi connectivity index (χ3n) is 2.42. The molecule has 82 valence electrons. The fourth-order valence-corrected chi connectivity index (χ4v) is 3.08. The molecule has 0 aromatic carbocycles. The highest BCUT2D eigenvalue weighted by molar-refractivity contribution is 7.94. The van der Waals surface area contributed by atoms with E-state index in [2.05, 4.69) is 0 Å². The van der Waals surface area contributed by atoms with Gasteiger partial charge in [0.1, 0.15) is 0 Å². The highest BCUT2D eigenvalue weighted by Gasteiger charge is 2.59. The molecule has 14 heavy (non-hydrogen) atoms. The van der Waals surface area contributed by atoms with Crippen molar-refractivity contribution >= 4 is 27.5 Å². The number of hydrogen-bond donors (Lipinski definition) is 0. The van der Waals surface area contributed by atoms with Gasteiger partial charge in [0.2, 0.25) is 0 Å². The van der Waals surface area contributed by atoms with Crippen molar-refractivity contribution in [1.82, 2.24) is 4.31 Å². The molecule has 0 aliphatic carbocycles. The van der Waals surface area contributed by atoms with Crippen LogP contribution >= 0.6 is 11.6 Å². The van der Waals surface area contributed by atoms with Gasteiger partial charge in [0.05, 0.1) is 0 Å². The van der Waals surface area contributed by atoms with Gasteiger partial charge in [-0.25, -0.2) is 12.7 Å². The number of nitrogens with zero attached hydrogens (tertiary/aromatic N) is 1. The van der Waals surface area contributed by atoms with Gasteiger partial charge >= 0.3 is 0 Å². The van der Waals surface area contributed by atoms with Crippen LogP contribution in [0.25, 0.3) is 0 Å². The minimum Gasteiger partial charge on any atom is -0.272 e. The molecule has 1 rings (SSSR count). The van der Waals surface area contributed by atoms with Crippen LogP contribution in [0.1, 0.15) is 26.7 Å². The Morgan fingerprint density at radius 1 is 1.36 bits per heavy atom. The predicted molar refractivity (Wildman–Crippen MR) is 54.7 cm³/mol. The van der Waals surface area contributed by atoms with Gasteiger partial charge in [-0.2, -0.15) is 0 Å². The molecule has 1 aliphatic rings. The Kier molecular flexibility index (Phi) is 3.11. The van der Waals surface area contributed by atoms with Gasteiger partial charge in [0.15, 0.2) is 4.75 Å². The molecule has 0 spiro atoms. The van der Waals surface area contributed by atoms with Crippen molar-refractivity contribution in [1.29, 1.82) is 0 Å². The van der Waals surface area contributed by atoms with Crippen molar-refractivity contribution in [3.63, 3.8) is 0 Å². The molecule has 4 nitrogen and oxygen atoms in total. The fourth-order valence-electron chi connectivity index (χ4n) is 1.33. The highest BCUT2D eigenvalue weighted by atomic mass is 35.5. The summed E-state index contributed by atoms with van der Waals surface area (Å²) in [6, 6.07) is 0. The SMILES string of the molecule is CC1(C)C(=O)N(CCCCCl)S1(=O)=O. The summed E-state index contributed by atoms with van der Waals surface area (Å²) in [6.07, 6.45) is 1.35. The molecule has 0 radical (unpaired) electrons. The summed E-state index contributed by atoms with van der Waals surface area (Å²) in [5.41, 5.74) is 0. The van der Waals surface area contributed by atoms with Gasteiger partial charge in [-0.05, 0) is 26.7 Å². The zero-order valence-electron chi connectivity index (χ0n) is 8.29. The van der Waals surface area contributed by atoms with Gasteiger partial charge in [0, 0.05) is 12.4 Å². The normalized spacial score (nSPS) is 23.4. The zero-order chi connectivity index (χ0) is 11.0. The maximum atomic E-state index is 11.5. The number of alkyl halides is 1. The lowest BCUT2D eigenvalue weighted by Crippen LogP contribution is -2.67. The monoisotopic (exact) mass is 239 g/mol. The number of halogens is 1. The number of hydrogen-bond acceptors (Lipinski definition) is 3. The molecule has 0 bridgehead atoms. The van der Waals surface area contributed by atoms with E-state index in [-0.39, 0.29) is 12.5 Å². The van der Waals surface area contributed by atoms with E-state index in [0.29, 0.717) is 12.3 Å². The third kappa shape index (κ3) is 1.52. The van der Waals surface area contributed by atoms with E-state index in [1.54, 1.807) is 0 Å². The van der Waals surface area contributed by atoms with E-state index in [1.165, 1.54) is 13.8 Å². The zero-order valence-corrected chi connectivity index (χ0v) is 9.86. The standard InChI is InChI=1S/C8H14ClNO3S/c1-8(2)7(11)10(14(8,12)13)6-4-3-5-9/h3-6H2,1-2H3. The van der Waals surface area contributed by atoms with Crippen molar-refractivity contribution in [2.45, 2.75) is 31.4 Å². The van der Waals surface area contributed by atoms with Crippen LogP contribution in [0.2, 0.25) is 0 Å².